The maximum Gasteiger partial charge on any atom is 1.00 e. The van der Waals surface area contributed by atoms with Crippen LogP contribution >= 0.6 is 25.5 Å². The Morgan fingerprint density at radius 1 is 0.462 bits per heavy atom. The fourth-order valence-corrected chi connectivity index (χ4v) is 0. The van der Waals surface area contributed by atoms with Crippen LogP contribution in [-0.2, 0) is 9.13 Å². The van der Waals surface area contributed by atoms with Gasteiger partial charge in [0.1, 0.15) is 0 Å². The largest absolute Gasteiger partial charge is 1.00 e. The molecule has 26 heavy (non-hydrogen) atoms. The first kappa shape index (κ1) is 186. The molecule has 20 nitrogen and oxygen atoms in total. The molecule has 0 amide bonds. The maximum absolute atomic E-state index is 8.88. The molecule has 0 spiro atoms. The summed E-state index contributed by atoms with van der Waals surface area (Å²) in [6, 6.07) is 0. The van der Waals surface area contributed by atoms with Crippen molar-refractivity contribution in [3.8, 4) is 0 Å². The molecule has 0 bridgehead atoms. The fraction of sp³-hybridized carbons (Fsp3) is 0. The SMILES string of the molecule is O.O.O.O.O.O.O.O.O.O.O.O.O=P(O)(O)O.O=P([O-])([O-])[O-].P.[Na+].[Na+].[Na+]. The molecule has 0 aliphatic carbocycles. The molecule has 168 valence electrons. The summed E-state index contributed by atoms with van der Waals surface area (Å²) in [4.78, 5) is 47.2. The molecular weight excluding hydrogens is 482 g/mol. The Morgan fingerprint density at radius 3 is 0.462 bits per heavy atom. The molecule has 1 unspecified atom stereocenters. The van der Waals surface area contributed by atoms with E-state index in [1.807, 2.05) is 0 Å². The van der Waals surface area contributed by atoms with Crippen molar-refractivity contribution in [2.24, 2.45) is 0 Å². The quantitative estimate of drug-likeness (QED) is 0.206. The van der Waals surface area contributed by atoms with Crippen LogP contribution in [-0.4, -0.2) is 80.4 Å². The number of rotatable bonds is 0. The van der Waals surface area contributed by atoms with Crippen molar-refractivity contribution in [1.29, 1.82) is 0 Å². The molecule has 0 rings (SSSR count). The second-order valence-corrected chi connectivity index (χ2v) is 2.88. The van der Waals surface area contributed by atoms with Gasteiger partial charge in [0.15, 0.2) is 0 Å². The summed E-state index contributed by atoms with van der Waals surface area (Å²) >= 11 is 0. The predicted molar refractivity (Wildman–Crippen MR) is 76.3 cm³/mol. The molecule has 0 aliphatic heterocycles. The Balaban J connectivity index is -0.00000000190. The zero-order chi connectivity index (χ0) is 9.00. The van der Waals surface area contributed by atoms with Gasteiger partial charge in [-0.2, -0.15) is 17.7 Å². The molecule has 1 atom stereocenters. The van der Waals surface area contributed by atoms with E-state index in [9.17, 15) is 0 Å². The molecule has 0 saturated carbocycles. The number of hydrogen-bond acceptors (Lipinski definition) is 5. The Morgan fingerprint density at radius 2 is 0.462 bits per heavy atom. The van der Waals surface area contributed by atoms with Gasteiger partial charge in [-0.1, -0.05) is 0 Å². The van der Waals surface area contributed by atoms with Gasteiger partial charge < -0.3 is 99.6 Å². The van der Waals surface area contributed by atoms with Gasteiger partial charge in [-0.3, -0.25) is 0 Å². The van der Waals surface area contributed by atoms with E-state index >= 15 is 0 Å². The first-order valence-corrected chi connectivity index (χ1v) is 4.54. The van der Waals surface area contributed by atoms with E-state index in [1.54, 1.807) is 0 Å². The summed E-state index contributed by atoms with van der Waals surface area (Å²) in [6.45, 7) is 0. The van der Waals surface area contributed by atoms with E-state index < -0.39 is 15.6 Å². The van der Waals surface area contributed by atoms with Crippen LogP contribution in [0.2, 0.25) is 0 Å². The molecule has 0 aromatic rings. The van der Waals surface area contributed by atoms with Gasteiger partial charge >= 0.3 is 96.5 Å². The van der Waals surface area contributed by atoms with Gasteiger partial charge in [0.05, 0.1) is 0 Å². The summed E-state index contributed by atoms with van der Waals surface area (Å²) < 4.78 is 17.4. The van der Waals surface area contributed by atoms with Crippen LogP contribution in [0.4, 0.5) is 0 Å². The Bertz CT molecular complexity index is 139. The van der Waals surface area contributed by atoms with Crippen molar-refractivity contribution in [2.75, 3.05) is 0 Å². The van der Waals surface area contributed by atoms with Crippen molar-refractivity contribution in [3.05, 3.63) is 0 Å². The van der Waals surface area contributed by atoms with E-state index in [1.165, 1.54) is 0 Å². The van der Waals surface area contributed by atoms with Gasteiger partial charge in [0.25, 0.3) is 0 Å². The molecule has 0 aliphatic rings. The molecule has 0 saturated heterocycles. The van der Waals surface area contributed by atoms with Gasteiger partial charge in [0, 0.05) is 0 Å². The summed E-state index contributed by atoms with van der Waals surface area (Å²) in [7, 11) is -10.0. The van der Waals surface area contributed by atoms with Gasteiger partial charge in [-0.25, -0.2) is 4.57 Å². The average Bonchev–Trinajstić information content (AvgIpc) is 1.12. The molecular formula is H30Na3O20P3. The summed E-state index contributed by atoms with van der Waals surface area (Å²) in [5.74, 6) is 0. The molecule has 0 fully saturated rings. The first-order valence-electron chi connectivity index (χ1n) is 1.51. The zero-order valence-corrected chi connectivity index (χ0v) is 23.2. The van der Waals surface area contributed by atoms with Gasteiger partial charge in [-0.05, 0) is 0 Å². The van der Waals surface area contributed by atoms with Crippen LogP contribution in [0.3, 0.4) is 0 Å². The third-order valence-electron chi connectivity index (χ3n) is 0. The minimum absolute atomic E-state index is 0. The fourth-order valence-electron chi connectivity index (χ4n) is 0. The minimum atomic E-state index is -5.39. The van der Waals surface area contributed by atoms with Crippen LogP contribution in [0.5, 0.6) is 0 Å². The first-order chi connectivity index (χ1) is 4.00. The van der Waals surface area contributed by atoms with Crippen molar-refractivity contribution in [2.45, 2.75) is 0 Å². The minimum Gasteiger partial charge on any atom is -0.822 e. The normalized spacial score (nSPS) is 4.54. The van der Waals surface area contributed by atoms with E-state index in [-0.39, 0.29) is 164 Å². The van der Waals surface area contributed by atoms with Crippen LogP contribution in [0, 0.1) is 0 Å². The Kier molecular flexibility index (Phi) is 645. The van der Waals surface area contributed by atoms with E-state index in [0.29, 0.717) is 0 Å². The van der Waals surface area contributed by atoms with Crippen LogP contribution in [0.1, 0.15) is 0 Å². The number of hydrogen-bond donors (Lipinski definition) is 3. The third-order valence-corrected chi connectivity index (χ3v) is 0. The zero-order valence-electron chi connectivity index (χ0n) is 14.0. The summed E-state index contributed by atoms with van der Waals surface area (Å²) in [5, 5.41) is 0. The second kappa shape index (κ2) is 90.4. The average molecular weight is 512 g/mol. The van der Waals surface area contributed by atoms with Crippen molar-refractivity contribution in [1.82, 2.24) is 0 Å². The van der Waals surface area contributed by atoms with Gasteiger partial charge in [0.2, 0.25) is 0 Å². The molecule has 0 aromatic carbocycles. The topological polar surface area (TPSA) is 542 Å². The predicted octanol–water partition coefficient (Wildman–Crippen LogP) is -22.6. The van der Waals surface area contributed by atoms with Crippen molar-refractivity contribution in [3.63, 3.8) is 0 Å². The van der Waals surface area contributed by atoms with E-state index in [4.69, 9.17) is 38.5 Å². The monoisotopic (exact) mass is 512 g/mol. The van der Waals surface area contributed by atoms with E-state index in [0.717, 1.165) is 0 Å². The molecule has 27 N–H and O–H groups in total. The molecule has 26 heteroatoms. The van der Waals surface area contributed by atoms with Crippen molar-refractivity contribution < 1.29 is 193 Å². The molecule has 0 heterocycles. The molecule has 0 radical (unpaired) electrons. The van der Waals surface area contributed by atoms with Crippen LogP contribution < -0.4 is 103 Å². The summed E-state index contributed by atoms with van der Waals surface area (Å²) in [5.41, 5.74) is 0. The van der Waals surface area contributed by atoms with Gasteiger partial charge in [-0.15, -0.1) is 0 Å². The van der Waals surface area contributed by atoms with E-state index in [2.05, 4.69) is 0 Å². The smallest absolute Gasteiger partial charge is 0.822 e. The maximum atomic E-state index is 8.88. The summed E-state index contributed by atoms with van der Waals surface area (Å²) in [6.07, 6.45) is 0. The van der Waals surface area contributed by atoms with Crippen LogP contribution in [0.15, 0.2) is 0 Å². The number of phosphoric acid groups is 2. The second-order valence-electron chi connectivity index (χ2n) is 0.960. The van der Waals surface area contributed by atoms with Crippen molar-refractivity contribution >= 4 is 25.5 Å². The standard InChI is InChI=1S/3Na.2H3O4P.12H2O.H3P/c;;;2*1-5(2,3)4;;;;;;;;;;;;;/h;;;2*(H3,1,2,3,4);12*1H2;1H3/q3*+1;;;;;;;;;;;;;;;/p-3. The van der Waals surface area contributed by atoms with Crippen LogP contribution in [0.25, 0.3) is 0 Å². The third kappa shape index (κ3) is 1850. The Hall–Kier alpha value is 3.17. The Labute approximate surface area is 216 Å². The molecule has 0 aromatic heterocycles.